The number of hydrogen-bond acceptors (Lipinski definition) is 4. The van der Waals surface area contributed by atoms with Crippen LogP contribution in [0.15, 0.2) is 53.8 Å². The normalized spacial score (nSPS) is 33.9. The monoisotopic (exact) mass is 474 g/mol. The molecule has 0 radical (unpaired) electrons. The second kappa shape index (κ2) is 8.90. The van der Waals surface area contributed by atoms with Gasteiger partial charge in [-0.3, -0.25) is 14.4 Å². The van der Waals surface area contributed by atoms with Crippen LogP contribution in [0, 0.1) is 23.2 Å². The number of aliphatic hydroxyl groups is 1. The molecular weight excluding hydrogens is 440 g/mol. The molecule has 2 aliphatic carbocycles. The van der Waals surface area contributed by atoms with Crippen molar-refractivity contribution in [3.63, 3.8) is 0 Å². The minimum Gasteiger partial charge on any atom is -0.388 e. The van der Waals surface area contributed by atoms with Crippen LogP contribution in [0.3, 0.4) is 0 Å². The van der Waals surface area contributed by atoms with Crippen molar-refractivity contribution in [1.82, 2.24) is 10.3 Å². The predicted octanol–water partition coefficient (Wildman–Crippen LogP) is 4.04. The molecule has 3 aliphatic rings. The SMILES string of the molecule is CC1=C(C)[C@H]2C(Cc3c[nH]c4ccccc34)NC(=O)[C@]23C(=O)CCC(=O)C[C@@H](C)CC=C[C@H]3[C@@H]1O. The van der Waals surface area contributed by atoms with Crippen molar-refractivity contribution in [3.05, 3.63) is 59.3 Å². The fraction of sp³-hybridized carbons (Fsp3) is 0.483. The molecule has 1 saturated heterocycles. The van der Waals surface area contributed by atoms with Crippen molar-refractivity contribution in [1.29, 1.82) is 0 Å². The van der Waals surface area contributed by atoms with Gasteiger partial charge in [0.2, 0.25) is 5.91 Å². The van der Waals surface area contributed by atoms with Gasteiger partial charge < -0.3 is 15.4 Å². The summed E-state index contributed by atoms with van der Waals surface area (Å²) in [6.07, 6.45) is 6.73. The van der Waals surface area contributed by atoms with Crippen LogP contribution in [0.1, 0.15) is 52.0 Å². The molecule has 6 heteroatoms. The van der Waals surface area contributed by atoms with Gasteiger partial charge in [0.15, 0.2) is 0 Å². The van der Waals surface area contributed by atoms with Crippen LogP contribution >= 0.6 is 0 Å². The molecule has 1 aliphatic heterocycles. The van der Waals surface area contributed by atoms with E-state index in [1.807, 2.05) is 57.3 Å². The highest BCUT2D eigenvalue weighted by molar-refractivity contribution is 6.10. The fourth-order valence-corrected chi connectivity index (χ4v) is 6.77. The average Bonchev–Trinajstić information content (AvgIpc) is 3.36. The van der Waals surface area contributed by atoms with Gasteiger partial charge in [-0.2, -0.15) is 0 Å². The third-order valence-electron chi connectivity index (χ3n) is 8.65. The number of carbonyl (C=O) groups is 3. The lowest BCUT2D eigenvalue weighted by atomic mass is 9.54. The lowest BCUT2D eigenvalue weighted by Gasteiger charge is -2.46. The summed E-state index contributed by atoms with van der Waals surface area (Å²) in [5, 5.41) is 15.6. The van der Waals surface area contributed by atoms with Crippen LogP contribution in [0.4, 0.5) is 0 Å². The van der Waals surface area contributed by atoms with Gasteiger partial charge in [-0.25, -0.2) is 0 Å². The number of Topliss-reactive ketones (excluding diaryl/α,β-unsaturated/α-hetero) is 2. The first-order valence-corrected chi connectivity index (χ1v) is 12.7. The number of aromatic amines is 1. The Morgan fingerprint density at radius 3 is 2.66 bits per heavy atom. The van der Waals surface area contributed by atoms with E-state index in [-0.39, 0.29) is 48.2 Å². The van der Waals surface area contributed by atoms with E-state index < -0.39 is 17.4 Å². The Hall–Kier alpha value is -2.99. The van der Waals surface area contributed by atoms with Gasteiger partial charge in [0.25, 0.3) is 0 Å². The Labute approximate surface area is 205 Å². The van der Waals surface area contributed by atoms with Gasteiger partial charge in [-0.1, -0.05) is 42.8 Å². The summed E-state index contributed by atoms with van der Waals surface area (Å²) in [7, 11) is 0. The Morgan fingerprint density at radius 1 is 1.09 bits per heavy atom. The zero-order chi connectivity index (χ0) is 24.9. The molecule has 0 saturated carbocycles. The molecule has 184 valence electrons. The van der Waals surface area contributed by atoms with Crippen LogP contribution in [0.2, 0.25) is 0 Å². The minimum atomic E-state index is -1.41. The standard InChI is InChI=1S/C29H34N2O4/c1-16-7-6-9-22-27(34)18(3)17(2)26-24(14-19-15-30-23-10-5-4-8-21(19)23)31-28(35)29(22,26)25(33)12-11-20(32)13-16/h4-6,8-10,15-16,22,24,26-27,30,34H,7,11-14H2,1-3H3,(H,31,35)/t16-,22-,24?,26-,27+,29+/m0/s1. The van der Waals surface area contributed by atoms with E-state index in [0.717, 1.165) is 27.6 Å². The summed E-state index contributed by atoms with van der Waals surface area (Å²) >= 11 is 0. The van der Waals surface area contributed by atoms with Gasteiger partial charge in [0, 0.05) is 54.2 Å². The van der Waals surface area contributed by atoms with E-state index in [4.69, 9.17) is 0 Å². The average molecular weight is 475 g/mol. The fourth-order valence-electron chi connectivity index (χ4n) is 6.77. The lowest BCUT2D eigenvalue weighted by molar-refractivity contribution is -0.148. The highest BCUT2D eigenvalue weighted by Gasteiger charge is 2.66. The van der Waals surface area contributed by atoms with Crippen LogP contribution in [-0.4, -0.2) is 39.7 Å². The molecule has 1 amide bonds. The van der Waals surface area contributed by atoms with Gasteiger partial charge in [-0.05, 0) is 49.8 Å². The maximum absolute atomic E-state index is 14.0. The minimum absolute atomic E-state index is 0.0265. The van der Waals surface area contributed by atoms with Crippen molar-refractivity contribution in [3.8, 4) is 0 Å². The Kier molecular flexibility index (Phi) is 6.04. The molecule has 1 unspecified atom stereocenters. The van der Waals surface area contributed by atoms with E-state index in [9.17, 15) is 19.5 Å². The van der Waals surface area contributed by atoms with E-state index in [1.54, 1.807) is 0 Å². The summed E-state index contributed by atoms with van der Waals surface area (Å²) in [4.78, 5) is 43.7. The van der Waals surface area contributed by atoms with E-state index in [1.165, 1.54) is 0 Å². The van der Waals surface area contributed by atoms with Gasteiger partial charge in [0.1, 0.15) is 17.0 Å². The van der Waals surface area contributed by atoms with Crippen molar-refractivity contribution in [2.24, 2.45) is 23.2 Å². The first kappa shape index (κ1) is 23.7. The molecule has 1 spiro atoms. The van der Waals surface area contributed by atoms with E-state index >= 15 is 0 Å². The maximum atomic E-state index is 14.0. The number of H-pyrrole nitrogens is 1. The smallest absolute Gasteiger partial charge is 0.235 e. The van der Waals surface area contributed by atoms with E-state index in [2.05, 4.69) is 16.4 Å². The summed E-state index contributed by atoms with van der Waals surface area (Å²) in [5.74, 6) is -1.38. The molecule has 1 fully saturated rings. The number of ketones is 2. The number of aliphatic hydroxyl groups excluding tert-OH is 1. The molecule has 1 aromatic carbocycles. The van der Waals surface area contributed by atoms with Crippen LogP contribution in [0.5, 0.6) is 0 Å². The number of hydrogen-bond donors (Lipinski definition) is 3. The van der Waals surface area contributed by atoms with Crippen molar-refractivity contribution in [2.75, 3.05) is 0 Å². The molecular formula is C29H34N2O4. The number of carbonyl (C=O) groups excluding carboxylic acids is 3. The second-order valence-electron chi connectivity index (χ2n) is 10.8. The first-order valence-electron chi connectivity index (χ1n) is 12.7. The van der Waals surface area contributed by atoms with Gasteiger partial charge >= 0.3 is 0 Å². The molecule has 1 aromatic heterocycles. The predicted molar refractivity (Wildman–Crippen MR) is 135 cm³/mol. The molecule has 6 nitrogen and oxygen atoms in total. The second-order valence-corrected chi connectivity index (χ2v) is 10.8. The quantitative estimate of drug-likeness (QED) is 0.452. The Morgan fingerprint density at radius 2 is 1.86 bits per heavy atom. The summed E-state index contributed by atoms with van der Waals surface area (Å²) in [6.45, 7) is 5.87. The number of aromatic nitrogens is 1. The highest BCUT2D eigenvalue weighted by atomic mass is 16.3. The summed E-state index contributed by atoms with van der Waals surface area (Å²) in [6, 6.07) is 7.76. The van der Waals surface area contributed by atoms with Gasteiger partial charge in [0.05, 0.1) is 6.10 Å². The number of allylic oxidation sites excluding steroid dienone is 1. The number of benzene rings is 1. The molecule has 0 bridgehead atoms. The number of amides is 1. The van der Waals surface area contributed by atoms with Crippen molar-refractivity contribution in [2.45, 2.75) is 65.0 Å². The number of fused-ring (bicyclic) bond motifs is 1. The van der Waals surface area contributed by atoms with Crippen LogP contribution < -0.4 is 5.32 Å². The number of rotatable bonds is 2. The number of para-hydroxylation sites is 1. The summed E-state index contributed by atoms with van der Waals surface area (Å²) in [5.41, 5.74) is 2.42. The van der Waals surface area contributed by atoms with Crippen molar-refractivity contribution < 1.29 is 19.5 Å². The zero-order valence-corrected chi connectivity index (χ0v) is 20.6. The molecule has 6 atom stereocenters. The molecule has 2 heterocycles. The first-order chi connectivity index (χ1) is 16.7. The molecule has 2 aromatic rings. The summed E-state index contributed by atoms with van der Waals surface area (Å²) < 4.78 is 0. The van der Waals surface area contributed by atoms with Gasteiger partial charge in [-0.15, -0.1) is 0 Å². The third-order valence-corrected chi connectivity index (χ3v) is 8.65. The Balaban J connectivity index is 1.62. The van der Waals surface area contributed by atoms with Crippen LogP contribution in [0.25, 0.3) is 10.9 Å². The third kappa shape index (κ3) is 3.70. The topological polar surface area (TPSA) is 99.3 Å². The highest BCUT2D eigenvalue weighted by Crippen LogP contribution is 2.55. The lowest BCUT2D eigenvalue weighted by Crippen LogP contribution is -2.55. The zero-order valence-electron chi connectivity index (χ0n) is 20.6. The molecule has 3 N–H and O–H groups in total. The van der Waals surface area contributed by atoms with Crippen LogP contribution in [-0.2, 0) is 20.8 Å². The number of nitrogens with one attached hydrogen (secondary N) is 2. The largest absolute Gasteiger partial charge is 0.388 e. The van der Waals surface area contributed by atoms with E-state index in [0.29, 0.717) is 19.3 Å². The Bertz CT molecular complexity index is 1250. The maximum Gasteiger partial charge on any atom is 0.235 e. The molecule has 35 heavy (non-hydrogen) atoms. The van der Waals surface area contributed by atoms with Crippen molar-refractivity contribution >= 4 is 28.4 Å². The molecule has 5 rings (SSSR count).